The van der Waals surface area contributed by atoms with Gasteiger partial charge < -0.3 is 10.6 Å². The third-order valence-electron chi connectivity index (χ3n) is 6.07. The Morgan fingerprint density at radius 2 is 1.87 bits per heavy atom. The summed E-state index contributed by atoms with van der Waals surface area (Å²) in [6.07, 6.45) is 8.02. The van der Waals surface area contributed by atoms with Crippen LogP contribution in [0.3, 0.4) is 0 Å². The summed E-state index contributed by atoms with van der Waals surface area (Å²) in [4.78, 5) is 21.9. The largest absolute Gasteiger partial charge is 0.324 e. The number of benzene rings is 2. The van der Waals surface area contributed by atoms with E-state index in [2.05, 4.69) is 54.2 Å². The normalized spacial score (nSPS) is 13.1. The molecule has 38 heavy (non-hydrogen) atoms. The Bertz CT molecular complexity index is 1550. The second kappa shape index (κ2) is 10.8. The molecule has 0 bridgehead atoms. The Labute approximate surface area is 224 Å². The average molecular weight is 531 g/mol. The van der Waals surface area contributed by atoms with Crippen LogP contribution in [-0.2, 0) is 27.9 Å². The molecule has 0 fully saturated rings. The topological polar surface area (TPSA) is 102 Å². The van der Waals surface area contributed by atoms with E-state index in [1.54, 1.807) is 49.1 Å². The van der Waals surface area contributed by atoms with Crippen molar-refractivity contribution in [2.24, 2.45) is 0 Å². The van der Waals surface area contributed by atoms with Crippen LogP contribution in [0, 0.1) is 6.92 Å². The number of hydrogen-bond acceptors (Lipinski definition) is 6. The van der Waals surface area contributed by atoms with Gasteiger partial charge >= 0.3 is 0 Å². The van der Waals surface area contributed by atoms with Crippen molar-refractivity contribution in [2.45, 2.75) is 51.0 Å². The molecule has 1 atom stereocenters. The highest BCUT2D eigenvalue weighted by atomic mass is 32.2. The smallest absolute Gasteiger partial charge is 0.255 e. The van der Waals surface area contributed by atoms with Crippen LogP contribution in [0.25, 0.3) is 0 Å². The van der Waals surface area contributed by atoms with E-state index in [0.29, 0.717) is 22.0 Å². The van der Waals surface area contributed by atoms with Crippen molar-refractivity contribution in [3.8, 4) is 0 Å². The molecule has 0 radical (unpaired) electrons. The molecular formula is C29H34N6O2S. The molecule has 0 spiro atoms. The summed E-state index contributed by atoms with van der Waals surface area (Å²) in [5, 5.41) is 11.2. The summed E-state index contributed by atoms with van der Waals surface area (Å²) in [7, 11) is -2.41. The lowest BCUT2D eigenvalue weighted by Crippen LogP contribution is -2.24. The average Bonchev–Trinajstić information content (AvgIpc) is 3.27. The van der Waals surface area contributed by atoms with E-state index in [9.17, 15) is 9.00 Å². The van der Waals surface area contributed by atoms with E-state index in [0.717, 1.165) is 35.5 Å². The van der Waals surface area contributed by atoms with Gasteiger partial charge in [0.2, 0.25) is 0 Å². The van der Waals surface area contributed by atoms with Crippen molar-refractivity contribution in [1.82, 2.24) is 19.7 Å². The van der Waals surface area contributed by atoms with Gasteiger partial charge in [-0.3, -0.25) is 14.0 Å². The zero-order valence-corrected chi connectivity index (χ0v) is 23.3. The molecule has 2 aromatic carbocycles. The van der Waals surface area contributed by atoms with E-state index < -0.39 is 9.52 Å². The summed E-state index contributed by atoms with van der Waals surface area (Å²) >= 11 is 0. The fourth-order valence-electron chi connectivity index (χ4n) is 4.04. The van der Waals surface area contributed by atoms with Crippen LogP contribution in [0.2, 0.25) is 0 Å². The highest BCUT2D eigenvalue weighted by Gasteiger charge is 2.20. The lowest BCUT2D eigenvalue weighted by atomic mass is 10.0. The Morgan fingerprint density at radius 1 is 1.08 bits per heavy atom. The Hall–Kier alpha value is -3.98. The third kappa shape index (κ3) is 6.66. The Balaban J connectivity index is 1.50. The summed E-state index contributed by atoms with van der Waals surface area (Å²) in [6, 6.07) is 14.7. The quantitative estimate of drug-likeness (QED) is 0.303. The lowest BCUT2D eigenvalue weighted by Gasteiger charge is -2.22. The van der Waals surface area contributed by atoms with Gasteiger partial charge in [0.05, 0.1) is 17.4 Å². The van der Waals surface area contributed by atoms with Crippen molar-refractivity contribution >= 4 is 38.6 Å². The summed E-state index contributed by atoms with van der Waals surface area (Å²) in [5.41, 5.74) is 4.14. The van der Waals surface area contributed by atoms with Crippen LogP contribution in [0.1, 0.15) is 48.0 Å². The van der Waals surface area contributed by atoms with Gasteiger partial charge in [0.25, 0.3) is 5.91 Å². The molecule has 4 aromatic rings. The number of hydrogen-bond donors (Lipinski definition) is 2. The molecule has 2 aromatic heterocycles. The molecule has 2 heterocycles. The van der Waals surface area contributed by atoms with E-state index in [-0.39, 0.29) is 11.4 Å². The number of carbonyl (C=O) groups is 1. The molecule has 9 heteroatoms. The molecule has 4 rings (SSSR count). The van der Waals surface area contributed by atoms with Crippen LogP contribution < -0.4 is 10.6 Å². The minimum absolute atomic E-state index is 0.223. The van der Waals surface area contributed by atoms with Gasteiger partial charge in [-0.1, -0.05) is 12.1 Å². The molecule has 0 saturated carbocycles. The minimum atomic E-state index is -2.41. The number of aromatic nitrogens is 4. The molecular weight excluding hydrogens is 496 g/mol. The maximum atomic E-state index is 12.9. The fourth-order valence-corrected chi connectivity index (χ4v) is 4.78. The van der Waals surface area contributed by atoms with Crippen molar-refractivity contribution in [1.29, 1.82) is 0 Å². The van der Waals surface area contributed by atoms with Crippen molar-refractivity contribution in [3.05, 3.63) is 89.5 Å². The second-order valence-electron chi connectivity index (χ2n) is 10.4. The number of carbonyl (C=O) groups excluding carboxylic acids is 1. The predicted molar refractivity (Wildman–Crippen MR) is 155 cm³/mol. The summed E-state index contributed by atoms with van der Waals surface area (Å²) < 4.78 is 14.3. The van der Waals surface area contributed by atoms with Gasteiger partial charge in [0.15, 0.2) is 0 Å². The SMILES string of the molecule is C=S(C)(=O)c1cccc(C(=O)Nc2ccc(C)c(CCc3cc(Nc4cnccn4)n(C(C)(C)C)n3)c2)c1. The van der Waals surface area contributed by atoms with Gasteiger partial charge in [-0.15, -0.1) is 0 Å². The first kappa shape index (κ1) is 27.1. The fraction of sp³-hybridized carbons (Fsp3) is 0.276. The Morgan fingerprint density at radius 3 is 2.55 bits per heavy atom. The molecule has 2 N–H and O–H groups in total. The molecule has 1 amide bonds. The first-order chi connectivity index (χ1) is 17.9. The van der Waals surface area contributed by atoms with E-state index in [1.165, 1.54) is 0 Å². The predicted octanol–water partition coefficient (Wildman–Crippen LogP) is 5.22. The standard InChI is InChI=1S/C29H34N6O2S/c1-20-10-12-23(32-28(36)22-8-7-9-25(17-22)38(5,6)37)16-21(20)11-13-24-18-27(35(34-24)29(2,3)4)33-26-19-30-14-15-31-26/h7-10,12,14-19H,5,11,13H2,1-4,6H3,(H,31,33)(H,32,36). The van der Waals surface area contributed by atoms with Crippen molar-refractivity contribution < 1.29 is 9.00 Å². The maximum absolute atomic E-state index is 12.9. The minimum Gasteiger partial charge on any atom is -0.324 e. The van der Waals surface area contributed by atoms with Gasteiger partial charge in [0.1, 0.15) is 11.6 Å². The highest BCUT2D eigenvalue weighted by molar-refractivity contribution is 7.99. The number of rotatable bonds is 8. The maximum Gasteiger partial charge on any atom is 0.255 e. The molecule has 0 aliphatic heterocycles. The van der Waals surface area contributed by atoms with E-state index >= 15 is 0 Å². The zero-order chi connectivity index (χ0) is 27.5. The highest BCUT2D eigenvalue weighted by Crippen LogP contribution is 2.25. The first-order valence-corrected chi connectivity index (χ1v) is 14.5. The summed E-state index contributed by atoms with van der Waals surface area (Å²) in [5.74, 6) is 4.97. The van der Waals surface area contributed by atoms with Gasteiger partial charge in [-0.2, -0.15) is 5.10 Å². The number of nitrogens with one attached hydrogen (secondary N) is 2. The zero-order valence-electron chi connectivity index (χ0n) is 22.5. The second-order valence-corrected chi connectivity index (χ2v) is 12.9. The van der Waals surface area contributed by atoms with Crippen molar-refractivity contribution in [3.63, 3.8) is 0 Å². The Kier molecular flexibility index (Phi) is 7.68. The molecule has 0 saturated heterocycles. The van der Waals surface area contributed by atoms with Crippen LogP contribution in [0.4, 0.5) is 17.3 Å². The number of nitrogens with zero attached hydrogens (tertiary/aromatic N) is 4. The number of aryl methyl sites for hydroxylation is 3. The monoisotopic (exact) mass is 530 g/mol. The van der Waals surface area contributed by atoms with Crippen LogP contribution in [0.15, 0.2) is 72.0 Å². The first-order valence-electron chi connectivity index (χ1n) is 12.4. The van der Waals surface area contributed by atoms with Crippen LogP contribution >= 0.6 is 0 Å². The van der Waals surface area contributed by atoms with Gasteiger partial charge in [-0.25, -0.2) is 9.67 Å². The molecule has 198 valence electrons. The molecule has 0 aliphatic rings. The van der Waals surface area contributed by atoms with Gasteiger partial charge in [-0.05, 0) is 97.4 Å². The third-order valence-corrected chi connectivity index (χ3v) is 7.32. The summed E-state index contributed by atoms with van der Waals surface area (Å²) in [6.45, 7) is 8.37. The molecule has 0 aliphatic carbocycles. The van der Waals surface area contributed by atoms with Gasteiger partial charge in [0, 0.05) is 40.9 Å². The molecule has 1 unspecified atom stereocenters. The van der Waals surface area contributed by atoms with E-state index in [4.69, 9.17) is 5.10 Å². The van der Waals surface area contributed by atoms with E-state index in [1.807, 2.05) is 28.9 Å². The lowest BCUT2D eigenvalue weighted by molar-refractivity contribution is 0.102. The van der Waals surface area contributed by atoms with Crippen molar-refractivity contribution in [2.75, 3.05) is 16.9 Å². The van der Waals surface area contributed by atoms with Crippen LogP contribution in [-0.4, -0.2) is 42.0 Å². The molecule has 8 nitrogen and oxygen atoms in total. The number of anilines is 3. The number of amides is 1. The van der Waals surface area contributed by atoms with Crippen LogP contribution in [0.5, 0.6) is 0 Å².